The van der Waals surface area contributed by atoms with E-state index in [2.05, 4.69) is 10.4 Å². The molecule has 1 unspecified atom stereocenters. The molecule has 1 aliphatic rings. The van der Waals surface area contributed by atoms with Crippen molar-refractivity contribution in [2.75, 3.05) is 0 Å². The van der Waals surface area contributed by atoms with Gasteiger partial charge in [-0.15, -0.1) is 0 Å². The molecule has 0 aromatic carbocycles. The number of aryl methyl sites for hydroxylation is 1. The summed E-state index contributed by atoms with van der Waals surface area (Å²) in [5.41, 5.74) is 2.52. The van der Waals surface area contributed by atoms with Crippen molar-refractivity contribution < 1.29 is 4.42 Å². The van der Waals surface area contributed by atoms with Crippen molar-refractivity contribution >= 4 is 0 Å². The molecule has 1 atom stereocenters. The Morgan fingerprint density at radius 3 is 3.00 bits per heavy atom. The first-order valence-corrected chi connectivity index (χ1v) is 8.74. The van der Waals surface area contributed by atoms with Gasteiger partial charge in [0.25, 0.3) is 5.56 Å². The Morgan fingerprint density at radius 2 is 2.20 bits per heavy atom. The van der Waals surface area contributed by atoms with Crippen LogP contribution in [0.15, 0.2) is 58.2 Å². The zero-order valence-corrected chi connectivity index (χ0v) is 14.1. The van der Waals surface area contributed by atoms with Crippen LogP contribution in [-0.2, 0) is 32.5 Å². The Labute approximate surface area is 146 Å². The maximum Gasteiger partial charge on any atom is 0.250 e. The molecular formula is C19H22N4O2. The molecule has 3 heterocycles. The number of hydrogen-bond acceptors (Lipinski definition) is 4. The molecule has 0 bridgehead atoms. The van der Waals surface area contributed by atoms with E-state index < -0.39 is 0 Å². The second-order valence-electron chi connectivity index (χ2n) is 6.46. The fraction of sp³-hybridized carbons (Fsp3) is 0.368. The van der Waals surface area contributed by atoms with Gasteiger partial charge in [0.2, 0.25) is 0 Å². The van der Waals surface area contributed by atoms with Crippen molar-refractivity contribution in [1.82, 2.24) is 19.7 Å². The number of pyridine rings is 1. The second-order valence-corrected chi connectivity index (χ2v) is 6.46. The van der Waals surface area contributed by atoms with Gasteiger partial charge in [-0.25, -0.2) is 0 Å². The summed E-state index contributed by atoms with van der Waals surface area (Å²) < 4.78 is 9.16. The number of nitrogens with zero attached hydrogens (tertiary/aromatic N) is 3. The van der Waals surface area contributed by atoms with Gasteiger partial charge in [-0.2, -0.15) is 5.10 Å². The minimum Gasteiger partial charge on any atom is -0.468 e. The molecule has 0 saturated heterocycles. The zero-order chi connectivity index (χ0) is 17.1. The van der Waals surface area contributed by atoms with E-state index in [4.69, 9.17) is 4.42 Å². The van der Waals surface area contributed by atoms with Gasteiger partial charge in [-0.3, -0.25) is 9.48 Å². The summed E-state index contributed by atoms with van der Waals surface area (Å²) in [5.74, 6) is 0.954. The lowest BCUT2D eigenvalue weighted by atomic mass is 9.91. The largest absolute Gasteiger partial charge is 0.468 e. The van der Waals surface area contributed by atoms with Crippen LogP contribution in [0.4, 0.5) is 0 Å². The van der Waals surface area contributed by atoms with Gasteiger partial charge >= 0.3 is 0 Å². The minimum absolute atomic E-state index is 0.0768. The first kappa shape index (κ1) is 15.9. The summed E-state index contributed by atoms with van der Waals surface area (Å²) in [4.78, 5) is 12.3. The number of hydrogen-bond donors (Lipinski definition) is 1. The van der Waals surface area contributed by atoms with Crippen molar-refractivity contribution in [2.24, 2.45) is 0 Å². The van der Waals surface area contributed by atoms with Gasteiger partial charge in [0, 0.05) is 36.7 Å². The van der Waals surface area contributed by atoms with Crippen LogP contribution < -0.4 is 10.9 Å². The SMILES string of the molecule is O=c1ccc2c(n1CCn1cccn1)CCC(NCc1ccco1)C2. The first-order chi connectivity index (χ1) is 12.3. The summed E-state index contributed by atoms with van der Waals surface area (Å²) in [5, 5.41) is 7.77. The molecule has 0 fully saturated rings. The van der Waals surface area contributed by atoms with E-state index in [0.717, 1.165) is 31.6 Å². The number of furan rings is 1. The molecular weight excluding hydrogens is 316 g/mol. The maximum absolute atomic E-state index is 12.3. The van der Waals surface area contributed by atoms with Gasteiger partial charge in [0.05, 0.1) is 19.4 Å². The molecule has 25 heavy (non-hydrogen) atoms. The monoisotopic (exact) mass is 338 g/mol. The van der Waals surface area contributed by atoms with Crippen LogP contribution in [0.25, 0.3) is 0 Å². The molecule has 6 heteroatoms. The minimum atomic E-state index is 0.0768. The van der Waals surface area contributed by atoms with Crippen molar-refractivity contribution in [1.29, 1.82) is 0 Å². The van der Waals surface area contributed by atoms with E-state index in [1.807, 2.05) is 39.7 Å². The van der Waals surface area contributed by atoms with Crippen molar-refractivity contribution in [3.8, 4) is 0 Å². The third-order valence-corrected chi connectivity index (χ3v) is 4.84. The van der Waals surface area contributed by atoms with Crippen LogP contribution in [0.2, 0.25) is 0 Å². The van der Waals surface area contributed by atoms with E-state index in [9.17, 15) is 4.79 Å². The first-order valence-electron chi connectivity index (χ1n) is 8.74. The topological polar surface area (TPSA) is 65.0 Å². The molecule has 0 radical (unpaired) electrons. The van der Waals surface area contributed by atoms with Gasteiger partial charge in [0.1, 0.15) is 5.76 Å². The third kappa shape index (κ3) is 3.58. The number of nitrogens with one attached hydrogen (secondary N) is 1. The highest BCUT2D eigenvalue weighted by atomic mass is 16.3. The van der Waals surface area contributed by atoms with E-state index in [0.29, 0.717) is 19.1 Å². The van der Waals surface area contributed by atoms with Crippen molar-refractivity contribution in [2.45, 2.75) is 44.9 Å². The highest BCUT2D eigenvalue weighted by molar-refractivity contribution is 5.25. The summed E-state index contributed by atoms with van der Waals surface area (Å²) in [6.45, 7) is 2.11. The summed E-state index contributed by atoms with van der Waals surface area (Å²) >= 11 is 0. The van der Waals surface area contributed by atoms with Gasteiger partial charge in [0.15, 0.2) is 0 Å². The van der Waals surface area contributed by atoms with Crippen LogP contribution in [0.3, 0.4) is 0 Å². The lowest BCUT2D eigenvalue weighted by Crippen LogP contribution is -2.37. The van der Waals surface area contributed by atoms with Crippen LogP contribution >= 0.6 is 0 Å². The molecule has 1 N–H and O–H groups in total. The van der Waals surface area contributed by atoms with Crippen molar-refractivity contribution in [3.05, 3.63) is 76.4 Å². The Bertz CT molecular complexity index is 865. The zero-order valence-electron chi connectivity index (χ0n) is 14.1. The Kier molecular flexibility index (Phi) is 4.52. The lowest BCUT2D eigenvalue weighted by Gasteiger charge is -2.27. The quantitative estimate of drug-likeness (QED) is 0.746. The average Bonchev–Trinajstić information content (AvgIpc) is 3.33. The molecule has 3 aromatic rings. The van der Waals surface area contributed by atoms with Gasteiger partial charge in [-0.1, -0.05) is 6.07 Å². The fourth-order valence-electron chi connectivity index (χ4n) is 3.54. The number of aromatic nitrogens is 3. The van der Waals surface area contributed by atoms with Gasteiger partial charge in [-0.05, 0) is 43.0 Å². The van der Waals surface area contributed by atoms with E-state index >= 15 is 0 Å². The Hall–Kier alpha value is -2.60. The highest BCUT2D eigenvalue weighted by Gasteiger charge is 2.21. The molecule has 3 aromatic heterocycles. The molecule has 4 rings (SSSR count). The molecule has 0 spiro atoms. The smallest absolute Gasteiger partial charge is 0.250 e. The van der Waals surface area contributed by atoms with Crippen LogP contribution in [-0.4, -0.2) is 20.4 Å². The molecule has 0 aliphatic heterocycles. The molecule has 0 saturated carbocycles. The summed E-state index contributed by atoms with van der Waals surface area (Å²) in [6, 6.07) is 9.88. The van der Waals surface area contributed by atoms with Gasteiger partial charge < -0.3 is 14.3 Å². The third-order valence-electron chi connectivity index (χ3n) is 4.84. The number of fused-ring (bicyclic) bond motifs is 1. The van der Waals surface area contributed by atoms with Crippen LogP contribution in [0.5, 0.6) is 0 Å². The Balaban J connectivity index is 1.45. The molecule has 6 nitrogen and oxygen atoms in total. The Morgan fingerprint density at radius 1 is 1.24 bits per heavy atom. The van der Waals surface area contributed by atoms with Crippen molar-refractivity contribution in [3.63, 3.8) is 0 Å². The maximum atomic E-state index is 12.3. The lowest BCUT2D eigenvalue weighted by molar-refractivity contribution is 0.403. The predicted molar refractivity (Wildman–Crippen MR) is 94.3 cm³/mol. The van der Waals surface area contributed by atoms with Crippen LogP contribution in [0.1, 0.15) is 23.4 Å². The molecule has 0 amide bonds. The standard InChI is InChI=1S/C19H22N4O2/c24-19-7-4-15-13-16(20-14-17-3-1-12-25-17)5-6-18(15)23(19)11-10-22-9-2-8-21-22/h1-4,7-9,12,16,20H,5-6,10-11,13-14H2. The average molecular weight is 338 g/mol. The molecule has 130 valence electrons. The number of rotatable bonds is 6. The van der Waals surface area contributed by atoms with Crippen LogP contribution in [0, 0.1) is 0 Å². The predicted octanol–water partition coefficient (Wildman–Crippen LogP) is 1.99. The summed E-state index contributed by atoms with van der Waals surface area (Å²) in [7, 11) is 0. The second kappa shape index (κ2) is 7.11. The molecule has 1 aliphatic carbocycles. The van der Waals surface area contributed by atoms with E-state index in [1.54, 1.807) is 18.5 Å². The fourth-order valence-corrected chi connectivity index (χ4v) is 3.54. The normalized spacial score (nSPS) is 16.7. The van der Waals surface area contributed by atoms with E-state index in [1.165, 1.54) is 11.3 Å². The highest BCUT2D eigenvalue weighted by Crippen LogP contribution is 2.20. The summed E-state index contributed by atoms with van der Waals surface area (Å²) in [6.07, 6.45) is 8.27. The van der Waals surface area contributed by atoms with E-state index in [-0.39, 0.29) is 5.56 Å².